The number of benzene rings is 1. The normalized spacial score (nSPS) is 12.7. The molecular weight excluding hydrogens is 362 g/mol. The van der Waals surface area contributed by atoms with Crippen LogP contribution in [0.25, 0.3) is 0 Å². The Morgan fingerprint density at radius 1 is 1.33 bits per heavy atom. The monoisotopic (exact) mass is 368 g/mol. The van der Waals surface area contributed by atoms with Crippen molar-refractivity contribution in [3.8, 4) is 0 Å². The van der Waals surface area contributed by atoms with E-state index in [0.717, 1.165) is 4.47 Å². The van der Waals surface area contributed by atoms with E-state index < -0.39 is 6.10 Å². The van der Waals surface area contributed by atoms with Gasteiger partial charge in [-0.3, -0.25) is 0 Å². The Morgan fingerprint density at radius 2 is 2.06 bits per heavy atom. The topological polar surface area (TPSA) is 20.2 Å². The van der Waals surface area contributed by atoms with E-state index in [1.165, 1.54) is 29.5 Å². The van der Waals surface area contributed by atoms with Crippen molar-refractivity contribution in [3.05, 3.63) is 54.4 Å². The molecule has 1 unspecified atom stereocenters. The predicted molar refractivity (Wildman–Crippen MR) is 77.1 cm³/mol. The van der Waals surface area contributed by atoms with E-state index in [2.05, 4.69) is 15.9 Å². The van der Waals surface area contributed by atoms with Crippen molar-refractivity contribution in [1.29, 1.82) is 0 Å². The second-order valence-corrected chi connectivity index (χ2v) is 6.67. The average molecular weight is 370 g/mol. The molecule has 0 bridgehead atoms. The number of aliphatic hydroxyl groups is 1. The number of halogens is 4. The second-order valence-electron chi connectivity index (χ2n) is 3.73. The van der Waals surface area contributed by atoms with Crippen LogP contribution >= 0.6 is 50.5 Å². The van der Waals surface area contributed by atoms with Gasteiger partial charge in [-0.05, 0) is 45.8 Å². The molecule has 18 heavy (non-hydrogen) atoms. The van der Waals surface area contributed by atoms with Gasteiger partial charge in [-0.1, -0.05) is 23.2 Å². The lowest BCUT2D eigenvalue weighted by atomic mass is 10.1. The number of hydrogen-bond donors (Lipinski definition) is 1. The van der Waals surface area contributed by atoms with E-state index in [-0.39, 0.29) is 12.2 Å². The minimum absolute atomic E-state index is 0.250. The maximum absolute atomic E-state index is 13.1. The second kappa shape index (κ2) is 5.88. The molecule has 1 aromatic carbocycles. The summed E-state index contributed by atoms with van der Waals surface area (Å²) in [5.74, 6) is -0.369. The van der Waals surface area contributed by atoms with Gasteiger partial charge >= 0.3 is 0 Å². The van der Waals surface area contributed by atoms with Crippen LogP contribution in [0.15, 0.2) is 28.7 Å². The van der Waals surface area contributed by atoms with Gasteiger partial charge in [0.2, 0.25) is 0 Å². The summed E-state index contributed by atoms with van der Waals surface area (Å²) >= 11 is 16.4. The Kier molecular flexibility index (Phi) is 4.67. The predicted octanol–water partition coefficient (Wildman–Crippen LogP) is 5.23. The molecule has 1 N–H and O–H groups in total. The molecule has 1 aromatic heterocycles. The Hall–Kier alpha value is -0.130. The summed E-state index contributed by atoms with van der Waals surface area (Å²) in [4.78, 5) is 0.715. The number of aliphatic hydroxyl groups excluding tert-OH is 1. The molecule has 1 atom stereocenters. The first-order chi connectivity index (χ1) is 8.47. The minimum atomic E-state index is -0.752. The summed E-state index contributed by atoms with van der Waals surface area (Å²) in [5, 5.41) is 10.5. The maximum atomic E-state index is 13.1. The molecule has 0 aliphatic carbocycles. The van der Waals surface area contributed by atoms with E-state index in [9.17, 15) is 9.50 Å². The highest BCUT2D eigenvalue weighted by Gasteiger charge is 2.15. The Labute approximate surface area is 126 Å². The minimum Gasteiger partial charge on any atom is -0.387 e. The molecule has 0 aliphatic heterocycles. The van der Waals surface area contributed by atoms with Crippen LogP contribution in [0.1, 0.15) is 16.5 Å². The molecule has 1 nitrogen and oxygen atoms in total. The third-order valence-corrected chi connectivity index (χ3v) is 5.36. The van der Waals surface area contributed by atoms with Crippen LogP contribution in [0.2, 0.25) is 9.36 Å². The summed E-state index contributed by atoms with van der Waals surface area (Å²) in [6.45, 7) is 0. The molecule has 0 radical (unpaired) electrons. The van der Waals surface area contributed by atoms with Crippen molar-refractivity contribution in [2.45, 2.75) is 12.5 Å². The molecule has 2 rings (SSSR count). The largest absolute Gasteiger partial charge is 0.387 e. The summed E-state index contributed by atoms with van der Waals surface area (Å²) < 4.78 is 14.4. The lowest BCUT2D eigenvalue weighted by Gasteiger charge is -2.10. The van der Waals surface area contributed by atoms with Gasteiger partial charge in [-0.2, -0.15) is 0 Å². The standard InChI is InChI=1S/C12H8BrCl2FOS/c13-8-5-11(18-12(8)15)10(17)4-6-3-7(16)1-2-9(6)14/h1-3,5,10,17H,4H2. The van der Waals surface area contributed by atoms with Crippen molar-refractivity contribution >= 4 is 50.5 Å². The van der Waals surface area contributed by atoms with Crippen molar-refractivity contribution in [2.75, 3.05) is 0 Å². The SMILES string of the molecule is OC(Cc1cc(F)ccc1Cl)c1cc(Br)c(Cl)s1. The van der Waals surface area contributed by atoms with Gasteiger partial charge in [-0.25, -0.2) is 4.39 Å². The Balaban J connectivity index is 2.20. The van der Waals surface area contributed by atoms with Gasteiger partial charge in [0.25, 0.3) is 0 Å². The van der Waals surface area contributed by atoms with Crippen LogP contribution in [0.3, 0.4) is 0 Å². The van der Waals surface area contributed by atoms with Crippen LogP contribution in [-0.4, -0.2) is 5.11 Å². The van der Waals surface area contributed by atoms with Crippen LogP contribution in [0.4, 0.5) is 4.39 Å². The van der Waals surface area contributed by atoms with E-state index in [4.69, 9.17) is 23.2 Å². The molecule has 0 saturated heterocycles. The quantitative estimate of drug-likeness (QED) is 0.784. The third kappa shape index (κ3) is 3.25. The van der Waals surface area contributed by atoms with Crippen molar-refractivity contribution < 1.29 is 9.50 Å². The van der Waals surface area contributed by atoms with Gasteiger partial charge in [0, 0.05) is 20.8 Å². The zero-order chi connectivity index (χ0) is 13.3. The molecule has 0 amide bonds. The van der Waals surface area contributed by atoms with Gasteiger partial charge in [0.15, 0.2) is 0 Å². The summed E-state index contributed by atoms with van der Waals surface area (Å²) in [6, 6.07) is 5.85. The van der Waals surface area contributed by atoms with Gasteiger partial charge in [-0.15, -0.1) is 11.3 Å². The average Bonchev–Trinajstić information content (AvgIpc) is 2.64. The number of hydrogen-bond acceptors (Lipinski definition) is 2. The van der Waals surface area contributed by atoms with Gasteiger partial charge in [0.05, 0.1) is 6.10 Å². The van der Waals surface area contributed by atoms with Crippen molar-refractivity contribution in [3.63, 3.8) is 0 Å². The van der Waals surface area contributed by atoms with Crippen LogP contribution in [0.5, 0.6) is 0 Å². The fraction of sp³-hybridized carbons (Fsp3) is 0.167. The van der Waals surface area contributed by atoms with Gasteiger partial charge < -0.3 is 5.11 Å². The molecule has 6 heteroatoms. The molecule has 0 spiro atoms. The summed E-state index contributed by atoms with van der Waals surface area (Å²) in [5.41, 5.74) is 0.574. The summed E-state index contributed by atoms with van der Waals surface area (Å²) in [7, 11) is 0. The lowest BCUT2D eigenvalue weighted by molar-refractivity contribution is 0.182. The first-order valence-corrected chi connectivity index (χ1v) is 7.40. The molecule has 0 saturated carbocycles. The molecule has 0 fully saturated rings. The molecule has 0 aliphatic rings. The zero-order valence-corrected chi connectivity index (χ0v) is 12.9. The van der Waals surface area contributed by atoms with E-state index in [1.807, 2.05) is 0 Å². The Morgan fingerprint density at radius 3 is 2.67 bits per heavy atom. The first-order valence-electron chi connectivity index (χ1n) is 5.04. The number of rotatable bonds is 3. The van der Waals surface area contributed by atoms with Crippen LogP contribution in [-0.2, 0) is 6.42 Å². The number of thiophene rings is 1. The first kappa shape index (κ1) is 14.3. The molecule has 96 valence electrons. The van der Waals surface area contributed by atoms with E-state index in [1.54, 1.807) is 6.07 Å². The maximum Gasteiger partial charge on any atom is 0.123 e. The highest BCUT2D eigenvalue weighted by Crippen LogP contribution is 2.36. The van der Waals surface area contributed by atoms with Crippen LogP contribution in [0, 0.1) is 5.82 Å². The van der Waals surface area contributed by atoms with E-state index >= 15 is 0 Å². The zero-order valence-electron chi connectivity index (χ0n) is 8.96. The highest BCUT2D eigenvalue weighted by atomic mass is 79.9. The smallest absolute Gasteiger partial charge is 0.123 e. The van der Waals surface area contributed by atoms with Crippen LogP contribution < -0.4 is 0 Å². The van der Waals surface area contributed by atoms with Gasteiger partial charge in [0.1, 0.15) is 10.2 Å². The van der Waals surface area contributed by atoms with Crippen molar-refractivity contribution in [2.24, 2.45) is 0 Å². The Bertz CT molecular complexity index is 554. The fourth-order valence-electron chi connectivity index (χ4n) is 1.54. The third-order valence-electron chi connectivity index (χ3n) is 2.41. The molecule has 2 aromatic rings. The van der Waals surface area contributed by atoms with E-state index in [0.29, 0.717) is 19.8 Å². The fourth-order valence-corrected chi connectivity index (χ4v) is 3.45. The molecule has 1 heterocycles. The summed E-state index contributed by atoms with van der Waals surface area (Å²) in [6.07, 6.45) is -0.502. The van der Waals surface area contributed by atoms with Crippen molar-refractivity contribution in [1.82, 2.24) is 0 Å². The molecular formula is C12H8BrCl2FOS. The highest BCUT2D eigenvalue weighted by molar-refractivity contribution is 9.10. The lowest BCUT2D eigenvalue weighted by Crippen LogP contribution is -2.00.